The number of rotatable bonds is 4. The molecule has 0 N–H and O–H groups in total. The Morgan fingerprint density at radius 2 is 1.68 bits per heavy atom. The smallest absolute Gasteiger partial charge is 0.319 e. The summed E-state index contributed by atoms with van der Waals surface area (Å²) in [6.07, 6.45) is 1.72. The molecule has 100 valence electrons. The molecular formula is C15H18N2O2. The molecule has 1 aromatic heterocycles. The highest BCUT2D eigenvalue weighted by molar-refractivity contribution is 5.68. The fourth-order valence-electron chi connectivity index (χ4n) is 1.85. The first-order chi connectivity index (χ1) is 9.15. The molecule has 1 aromatic carbocycles. The van der Waals surface area contributed by atoms with Crippen LogP contribution in [0.4, 0.5) is 0 Å². The third-order valence-corrected chi connectivity index (χ3v) is 3.00. The average Bonchev–Trinajstić information content (AvgIpc) is 2.46. The molecule has 0 unspecified atom stereocenters. The molecule has 0 aliphatic heterocycles. The Bertz CT molecular complexity index is 551. The summed E-state index contributed by atoms with van der Waals surface area (Å²) in [5.41, 5.74) is 3.19. The van der Waals surface area contributed by atoms with E-state index in [1.54, 1.807) is 13.3 Å². The summed E-state index contributed by atoms with van der Waals surface area (Å²) in [6, 6.07) is 8.65. The van der Waals surface area contributed by atoms with Crippen LogP contribution in [0.25, 0.3) is 11.1 Å². The van der Waals surface area contributed by atoms with E-state index < -0.39 is 0 Å². The van der Waals surface area contributed by atoms with Crippen LogP contribution in [0.1, 0.15) is 25.3 Å². The van der Waals surface area contributed by atoms with Crippen LogP contribution in [0.15, 0.2) is 30.5 Å². The zero-order valence-electron chi connectivity index (χ0n) is 11.7. The standard InChI is InChI=1S/C15H18N2O2/c1-10(2)11-5-7-12(8-6-11)13-9-16-15(19-4)17-14(13)18-3/h5-10H,1-4H3. The predicted molar refractivity (Wildman–Crippen MR) is 74.7 cm³/mol. The van der Waals surface area contributed by atoms with E-state index in [9.17, 15) is 0 Å². The lowest BCUT2D eigenvalue weighted by Crippen LogP contribution is -1.97. The maximum Gasteiger partial charge on any atom is 0.319 e. The molecule has 0 aliphatic rings. The van der Waals surface area contributed by atoms with Gasteiger partial charge in [0.05, 0.1) is 19.8 Å². The normalized spacial score (nSPS) is 10.6. The molecule has 0 aliphatic carbocycles. The van der Waals surface area contributed by atoms with Crippen molar-refractivity contribution in [3.63, 3.8) is 0 Å². The molecule has 4 nitrogen and oxygen atoms in total. The molecule has 4 heteroatoms. The van der Waals surface area contributed by atoms with Crippen molar-refractivity contribution >= 4 is 0 Å². The maximum atomic E-state index is 5.29. The van der Waals surface area contributed by atoms with Crippen LogP contribution in [0, 0.1) is 0 Å². The van der Waals surface area contributed by atoms with Gasteiger partial charge in [0.1, 0.15) is 0 Å². The number of ether oxygens (including phenoxy) is 2. The number of benzene rings is 1. The van der Waals surface area contributed by atoms with Crippen molar-refractivity contribution in [2.45, 2.75) is 19.8 Å². The third-order valence-electron chi connectivity index (χ3n) is 3.00. The Morgan fingerprint density at radius 3 is 2.21 bits per heavy atom. The van der Waals surface area contributed by atoms with Gasteiger partial charge in [0, 0.05) is 6.20 Å². The van der Waals surface area contributed by atoms with Crippen molar-refractivity contribution in [1.82, 2.24) is 9.97 Å². The van der Waals surface area contributed by atoms with Crippen molar-refractivity contribution in [3.05, 3.63) is 36.0 Å². The number of aromatic nitrogens is 2. The average molecular weight is 258 g/mol. The Hall–Kier alpha value is -2.10. The van der Waals surface area contributed by atoms with Gasteiger partial charge in [-0.05, 0) is 17.0 Å². The molecule has 0 radical (unpaired) electrons. The van der Waals surface area contributed by atoms with E-state index >= 15 is 0 Å². The second-order valence-corrected chi connectivity index (χ2v) is 4.56. The van der Waals surface area contributed by atoms with Crippen molar-refractivity contribution in [1.29, 1.82) is 0 Å². The van der Waals surface area contributed by atoms with Crippen LogP contribution in [-0.2, 0) is 0 Å². The van der Waals surface area contributed by atoms with Crippen molar-refractivity contribution in [2.75, 3.05) is 14.2 Å². The largest absolute Gasteiger partial charge is 0.480 e. The highest BCUT2D eigenvalue weighted by atomic mass is 16.5. The van der Waals surface area contributed by atoms with Gasteiger partial charge in [0.15, 0.2) is 0 Å². The van der Waals surface area contributed by atoms with Gasteiger partial charge in [-0.1, -0.05) is 38.1 Å². The number of hydrogen-bond acceptors (Lipinski definition) is 4. The van der Waals surface area contributed by atoms with Crippen LogP contribution in [0.3, 0.4) is 0 Å². The molecule has 0 bridgehead atoms. The summed E-state index contributed by atoms with van der Waals surface area (Å²) in [4.78, 5) is 8.31. The van der Waals surface area contributed by atoms with Gasteiger partial charge >= 0.3 is 6.01 Å². The topological polar surface area (TPSA) is 44.2 Å². The zero-order valence-corrected chi connectivity index (χ0v) is 11.7. The van der Waals surface area contributed by atoms with E-state index in [-0.39, 0.29) is 0 Å². The summed E-state index contributed by atoms with van der Waals surface area (Å²) in [6.45, 7) is 4.35. The quantitative estimate of drug-likeness (QED) is 0.844. The molecule has 0 spiro atoms. The van der Waals surface area contributed by atoms with Crippen LogP contribution in [-0.4, -0.2) is 24.2 Å². The van der Waals surface area contributed by atoms with Gasteiger partial charge in [-0.2, -0.15) is 4.98 Å². The predicted octanol–water partition coefficient (Wildman–Crippen LogP) is 3.28. The lowest BCUT2D eigenvalue weighted by Gasteiger charge is -2.10. The number of methoxy groups -OCH3 is 2. The van der Waals surface area contributed by atoms with E-state index in [0.717, 1.165) is 11.1 Å². The minimum atomic E-state index is 0.305. The minimum absolute atomic E-state index is 0.305. The Morgan fingerprint density at radius 1 is 1.00 bits per heavy atom. The van der Waals surface area contributed by atoms with Gasteiger partial charge in [0.25, 0.3) is 0 Å². The molecule has 2 rings (SSSR count). The highest BCUT2D eigenvalue weighted by Gasteiger charge is 2.10. The summed E-state index contributed by atoms with van der Waals surface area (Å²) >= 11 is 0. The fraction of sp³-hybridized carbons (Fsp3) is 0.333. The van der Waals surface area contributed by atoms with Gasteiger partial charge in [-0.15, -0.1) is 0 Å². The monoisotopic (exact) mass is 258 g/mol. The summed E-state index contributed by atoms with van der Waals surface area (Å²) < 4.78 is 10.3. The summed E-state index contributed by atoms with van der Waals surface area (Å²) in [7, 11) is 3.12. The van der Waals surface area contributed by atoms with E-state index in [4.69, 9.17) is 9.47 Å². The van der Waals surface area contributed by atoms with E-state index in [1.807, 2.05) is 0 Å². The molecule has 1 heterocycles. The molecule has 0 saturated carbocycles. The molecule has 19 heavy (non-hydrogen) atoms. The first-order valence-corrected chi connectivity index (χ1v) is 6.21. The Labute approximate surface area is 113 Å². The van der Waals surface area contributed by atoms with Crippen molar-refractivity contribution in [3.8, 4) is 23.0 Å². The Kier molecular flexibility index (Phi) is 4.00. The molecule has 0 saturated heterocycles. The van der Waals surface area contributed by atoms with Crippen molar-refractivity contribution < 1.29 is 9.47 Å². The molecule has 0 amide bonds. The third kappa shape index (κ3) is 2.84. The fourth-order valence-corrected chi connectivity index (χ4v) is 1.85. The van der Waals surface area contributed by atoms with E-state index in [0.29, 0.717) is 17.8 Å². The first kappa shape index (κ1) is 13.3. The minimum Gasteiger partial charge on any atom is -0.480 e. The SMILES string of the molecule is COc1ncc(-c2ccc(C(C)C)cc2)c(OC)n1. The number of hydrogen-bond donors (Lipinski definition) is 0. The highest BCUT2D eigenvalue weighted by Crippen LogP contribution is 2.29. The van der Waals surface area contributed by atoms with Crippen LogP contribution >= 0.6 is 0 Å². The van der Waals surface area contributed by atoms with Gasteiger partial charge < -0.3 is 9.47 Å². The van der Waals surface area contributed by atoms with Gasteiger partial charge in [-0.3, -0.25) is 0 Å². The first-order valence-electron chi connectivity index (χ1n) is 6.21. The van der Waals surface area contributed by atoms with Crippen LogP contribution < -0.4 is 9.47 Å². The zero-order chi connectivity index (χ0) is 13.8. The summed E-state index contributed by atoms with van der Waals surface area (Å²) in [5, 5.41) is 0. The summed E-state index contributed by atoms with van der Waals surface area (Å²) in [5.74, 6) is 1.03. The Balaban J connectivity index is 2.40. The van der Waals surface area contributed by atoms with Crippen molar-refractivity contribution in [2.24, 2.45) is 0 Å². The lowest BCUT2D eigenvalue weighted by atomic mass is 10.00. The lowest BCUT2D eigenvalue weighted by molar-refractivity contribution is 0.353. The van der Waals surface area contributed by atoms with Crippen LogP contribution in [0.5, 0.6) is 11.9 Å². The number of nitrogens with zero attached hydrogens (tertiary/aromatic N) is 2. The van der Waals surface area contributed by atoms with E-state index in [2.05, 4.69) is 48.1 Å². The van der Waals surface area contributed by atoms with Crippen LogP contribution in [0.2, 0.25) is 0 Å². The molecule has 0 fully saturated rings. The molecule has 2 aromatic rings. The van der Waals surface area contributed by atoms with Gasteiger partial charge in [-0.25, -0.2) is 4.98 Å². The van der Waals surface area contributed by atoms with Gasteiger partial charge in [0.2, 0.25) is 5.88 Å². The second kappa shape index (κ2) is 5.69. The van der Waals surface area contributed by atoms with E-state index in [1.165, 1.54) is 12.7 Å². The second-order valence-electron chi connectivity index (χ2n) is 4.56. The molecule has 0 atom stereocenters. The molecular weight excluding hydrogens is 240 g/mol. The maximum absolute atomic E-state index is 5.29.